The normalized spacial score (nSPS) is 14.4. The fourth-order valence-electron chi connectivity index (χ4n) is 4.10. The Morgan fingerprint density at radius 3 is 1.52 bits per heavy atom. The molecule has 25 heavy (non-hydrogen) atoms. The van der Waals surface area contributed by atoms with Gasteiger partial charge in [-0.05, 0) is 63.8 Å². The number of fused-ring (bicyclic) bond motifs is 5. The highest BCUT2D eigenvalue weighted by Gasteiger charge is 2.15. The van der Waals surface area contributed by atoms with Crippen LogP contribution in [0.3, 0.4) is 0 Å². The Bertz CT molecular complexity index is 935. The van der Waals surface area contributed by atoms with E-state index < -0.39 is 0 Å². The maximum Gasteiger partial charge on any atom is -0.00135 e. The van der Waals surface area contributed by atoms with Crippen LogP contribution in [0, 0.1) is 0 Å². The minimum Gasteiger partial charge on any atom is -0.0795 e. The van der Waals surface area contributed by atoms with Gasteiger partial charge < -0.3 is 0 Å². The molecule has 0 radical (unpaired) electrons. The van der Waals surface area contributed by atoms with Gasteiger partial charge in [-0.25, -0.2) is 0 Å². The van der Waals surface area contributed by atoms with Crippen molar-refractivity contribution in [3.63, 3.8) is 0 Å². The lowest BCUT2D eigenvalue weighted by Gasteiger charge is -2.03. The first-order valence-electron chi connectivity index (χ1n) is 9.03. The van der Waals surface area contributed by atoms with Crippen LogP contribution in [0.1, 0.15) is 33.4 Å². The van der Waals surface area contributed by atoms with Gasteiger partial charge in [-0.15, -0.1) is 0 Å². The molecule has 0 spiro atoms. The first-order chi connectivity index (χ1) is 12.4. The van der Waals surface area contributed by atoms with E-state index in [2.05, 4.69) is 85.0 Å². The molecule has 0 heteroatoms. The summed E-state index contributed by atoms with van der Waals surface area (Å²) in [6.07, 6.45) is 12.3. The van der Waals surface area contributed by atoms with E-state index in [0.717, 1.165) is 19.3 Å². The number of hydrogen-bond acceptors (Lipinski definition) is 0. The van der Waals surface area contributed by atoms with E-state index in [1.54, 1.807) is 0 Å². The molecule has 3 aliphatic rings. The maximum atomic E-state index is 2.33. The summed E-state index contributed by atoms with van der Waals surface area (Å²) in [5, 5.41) is 0. The predicted octanol–water partition coefficient (Wildman–Crippen LogP) is 6.08. The number of allylic oxidation sites excluding steroid dienone is 2. The summed E-state index contributed by atoms with van der Waals surface area (Å²) in [7, 11) is 0. The van der Waals surface area contributed by atoms with E-state index in [-0.39, 0.29) is 0 Å². The van der Waals surface area contributed by atoms with Crippen molar-refractivity contribution in [2.75, 3.05) is 0 Å². The molecule has 3 aromatic rings. The van der Waals surface area contributed by atoms with Crippen molar-refractivity contribution in [3.8, 4) is 11.1 Å². The molecule has 0 aromatic heterocycles. The first kappa shape index (κ1) is 14.5. The molecule has 0 aliphatic heterocycles. The van der Waals surface area contributed by atoms with Crippen LogP contribution in [0.25, 0.3) is 23.3 Å². The van der Waals surface area contributed by atoms with Crippen molar-refractivity contribution >= 4 is 12.2 Å². The van der Waals surface area contributed by atoms with Crippen LogP contribution in [-0.2, 0) is 19.3 Å². The average molecular weight is 320 g/mol. The van der Waals surface area contributed by atoms with Gasteiger partial charge in [-0.2, -0.15) is 0 Å². The molecule has 0 fully saturated rings. The van der Waals surface area contributed by atoms with Gasteiger partial charge in [0, 0.05) is 0 Å². The lowest BCUT2D eigenvalue weighted by Crippen LogP contribution is -1.87. The summed E-state index contributed by atoms with van der Waals surface area (Å²) in [5.74, 6) is 0. The Hall–Kier alpha value is -2.86. The largest absolute Gasteiger partial charge is 0.0795 e. The minimum atomic E-state index is 1.10. The smallest absolute Gasteiger partial charge is 0.00135 e. The van der Waals surface area contributed by atoms with Gasteiger partial charge in [0.05, 0.1) is 0 Å². The Morgan fingerprint density at radius 2 is 1.00 bits per heavy atom. The number of hydrogen-bond donors (Lipinski definition) is 0. The summed E-state index contributed by atoms with van der Waals surface area (Å²) >= 11 is 0. The highest BCUT2D eigenvalue weighted by Crippen LogP contribution is 2.35. The van der Waals surface area contributed by atoms with Crippen LogP contribution in [0.5, 0.6) is 0 Å². The molecule has 0 saturated heterocycles. The third-order valence-corrected chi connectivity index (χ3v) is 5.38. The first-order valence-corrected chi connectivity index (χ1v) is 9.03. The van der Waals surface area contributed by atoms with Gasteiger partial charge in [0.15, 0.2) is 0 Å². The fraction of sp³-hybridized carbons (Fsp3) is 0.120. The molecule has 0 nitrogen and oxygen atoms in total. The topological polar surface area (TPSA) is 0 Å². The lowest BCUT2D eigenvalue weighted by molar-refractivity contribution is 1.25. The Balaban J connectivity index is 0.000000112. The standard InChI is InChI=1S/C13H10.C12H10/c1-3-7-12-10(5-1)9-11-6-2-4-8-13(11)12;1-3-9-7-11-5-2-6-12(11)8-10(9)4-1/h1-8H,9H2;1-3,6-8H,4-5H2. The summed E-state index contributed by atoms with van der Waals surface area (Å²) in [6, 6.07) is 22.0. The Kier molecular flexibility index (Phi) is 3.41. The molecule has 0 heterocycles. The summed E-state index contributed by atoms with van der Waals surface area (Å²) < 4.78 is 0. The molecular formula is C25H20. The van der Waals surface area contributed by atoms with Gasteiger partial charge >= 0.3 is 0 Å². The van der Waals surface area contributed by atoms with Crippen molar-refractivity contribution in [2.45, 2.75) is 19.3 Å². The molecule has 120 valence electrons. The predicted molar refractivity (Wildman–Crippen MR) is 107 cm³/mol. The summed E-state index contributed by atoms with van der Waals surface area (Å²) in [4.78, 5) is 0. The summed E-state index contributed by atoms with van der Waals surface area (Å²) in [6.45, 7) is 0. The zero-order valence-corrected chi connectivity index (χ0v) is 14.2. The zero-order chi connectivity index (χ0) is 16.6. The molecule has 0 amide bonds. The molecule has 3 aromatic carbocycles. The van der Waals surface area contributed by atoms with E-state index in [9.17, 15) is 0 Å². The number of benzene rings is 3. The van der Waals surface area contributed by atoms with Crippen LogP contribution in [0.2, 0.25) is 0 Å². The average Bonchev–Trinajstić information content (AvgIpc) is 3.37. The summed E-state index contributed by atoms with van der Waals surface area (Å²) in [5.41, 5.74) is 11.6. The van der Waals surface area contributed by atoms with Gasteiger partial charge in [-0.3, -0.25) is 0 Å². The van der Waals surface area contributed by atoms with Crippen molar-refractivity contribution in [3.05, 3.63) is 106 Å². The van der Waals surface area contributed by atoms with Crippen LogP contribution < -0.4 is 0 Å². The van der Waals surface area contributed by atoms with Crippen LogP contribution >= 0.6 is 0 Å². The van der Waals surface area contributed by atoms with E-state index in [1.807, 2.05) is 0 Å². The quantitative estimate of drug-likeness (QED) is 0.368. The van der Waals surface area contributed by atoms with E-state index >= 15 is 0 Å². The van der Waals surface area contributed by atoms with Crippen molar-refractivity contribution in [2.24, 2.45) is 0 Å². The molecule has 3 aliphatic carbocycles. The van der Waals surface area contributed by atoms with E-state index in [0.29, 0.717) is 0 Å². The molecular weight excluding hydrogens is 300 g/mol. The molecule has 0 bridgehead atoms. The highest BCUT2D eigenvalue weighted by atomic mass is 14.2. The van der Waals surface area contributed by atoms with Crippen molar-refractivity contribution in [1.29, 1.82) is 0 Å². The molecule has 0 unspecified atom stereocenters. The van der Waals surface area contributed by atoms with Crippen LogP contribution in [0.4, 0.5) is 0 Å². The van der Waals surface area contributed by atoms with Gasteiger partial charge in [0.2, 0.25) is 0 Å². The van der Waals surface area contributed by atoms with Crippen molar-refractivity contribution < 1.29 is 0 Å². The van der Waals surface area contributed by atoms with Gasteiger partial charge in [0.25, 0.3) is 0 Å². The Morgan fingerprint density at radius 1 is 0.520 bits per heavy atom. The zero-order valence-electron chi connectivity index (χ0n) is 14.2. The maximum absolute atomic E-state index is 2.33. The van der Waals surface area contributed by atoms with E-state index in [1.165, 1.54) is 44.5 Å². The van der Waals surface area contributed by atoms with Gasteiger partial charge in [0.1, 0.15) is 0 Å². The third kappa shape index (κ3) is 2.55. The molecule has 0 N–H and O–H groups in total. The second-order valence-corrected chi connectivity index (χ2v) is 6.95. The monoisotopic (exact) mass is 320 g/mol. The highest BCUT2D eigenvalue weighted by molar-refractivity contribution is 5.76. The SMILES string of the molecule is C1=Cc2cc3c(cc2C1)C=CC3.c1ccc2c(c1)Cc1ccccc1-2. The second-order valence-electron chi connectivity index (χ2n) is 6.95. The Labute approximate surface area is 149 Å². The van der Waals surface area contributed by atoms with Crippen molar-refractivity contribution in [1.82, 2.24) is 0 Å². The minimum absolute atomic E-state index is 1.10. The van der Waals surface area contributed by atoms with E-state index in [4.69, 9.17) is 0 Å². The second kappa shape index (κ2) is 5.89. The van der Waals surface area contributed by atoms with Crippen LogP contribution in [-0.4, -0.2) is 0 Å². The molecule has 6 rings (SSSR count). The lowest BCUT2D eigenvalue weighted by atomic mass is 10.0. The third-order valence-electron chi connectivity index (χ3n) is 5.38. The molecule has 0 saturated carbocycles. The van der Waals surface area contributed by atoms with Crippen LogP contribution in [0.15, 0.2) is 72.8 Å². The number of rotatable bonds is 0. The fourth-order valence-corrected chi connectivity index (χ4v) is 4.10. The molecule has 0 atom stereocenters. The van der Waals surface area contributed by atoms with Gasteiger partial charge in [-0.1, -0.05) is 85.0 Å².